The largest absolute Gasteiger partial charge is 0.435 e. The van der Waals surface area contributed by atoms with Crippen LogP contribution in [0, 0.1) is 0 Å². The van der Waals surface area contributed by atoms with Gasteiger partial charge in [0.15, 0.2) is 0 Å². The van der Waals surface area contributed by atoms with Crippen LogP contribution in [-0.4, -0.2) is 17.8 Å². The van der Waals surface area contributed by atoms with Crippen molar-refractivity contribution < 1.29 is 23.5 Å². The number of alkyl halides is 2. The van der Waals surface area contributed by atoms with Gasteiger partial charge < -0.3 is 15.4 Å². The fraction of sp³-hybridized carbons (Fsp3) is 0.0714. The standard InChI is InChI=1S/C14H13F2N3O3/c15-13(16)22-12-6-2-4-10(8-12)18-14(20)17-9-3-1-5-11(7-9)19-21/h1-8,13,19,21H,(H2,17,18,20). The number of hydrogen-bond acceptors (Lipinski definition) is 4. The maximum Gasteiger partial charge on any atom is 0.387 e. The molecule has 116 valence electrons. The summed E-state index contributed by atoms with van der Waals surface area (Å²) in [6.45, 7) is -2.93. The number of nitrogens with one attached hydrogen (secondary N) is 3. The van der Waals surface area contributed by atoms with Crippen molar-refractivity contribution in [3.8, 4) is 5.75 Å². The van der Waals surface area contributed by atoms with Crippen molar-refractivity contribution in [1.29, 1.82) is 0 Å². The molecular formula is C14H13F2N3O3. The summed E-state index contributed by atoms with van der Waals surface area (Å²) in [6, 6.07) is 11.4. The lowest BCUT2D eigenvalue weighted by Gasteiger charge is -2.10. The van der Waals surface area contributed by atoms with E-state index in [0.717, 1.165) is 0 Å². The van der Waals surface area contributed by atoms with Crippen LogP contribution >= 0.6 is 0 Å². The quantitative estimate of drug-likeness (QED) is 0.634. The van der Waals surface area contributed by atoms with Crippen molar-refractivity contribution in [2.75, 3.05) is 16.1 Å². The molecule has 8 heteroatoms. The van der Waals surface area contributed by atoms with Crippen molar-refractivity contribution in [1.82, 2.24) is 0 Å². The third kappa shape index (κ3) is 4.60. The Hall–Kier alpha value is -2.87. The lowest BCUT2D eigenvalue weighted by Crippen LogP contribution is -2.19. The molecule has 22 heavy (non-hydrogen) atoms. The molecule has 0 aliphatic carbocycles. The summed E-state index contributed by atoms with van der Waals surface area (Å²) >= 11 is 0. The van der Waals surface area contributed by atoms with Crippen molar-refractivity contribution in [3.05, 3.63) is 48.5 Å². The molecule has 4 N–H and O–H groups in total. The van der Waals surface area contributed by atoms with Gasteiger partial charge in [-0.3, -0.25) is 10.7 Å². The summed E-state index contributed by atoms with van der Waals surface area (Å²) in [7, 11) is 0. The molecule has 0 bridgehead atoms. The maximum atomic E-state index is 12.1. The number of urea groups is 1. The Kier molecular flexibility index (Phi) is 5.10. The monoisotopic (exact) mass is 309 g/mol. The van der Waals surface area contributed by atoms with Gasteiger partial charge in [0.25, 0.3) is 0 Å². The van der Waals surface area contributed by atoms with Crippen LogP contribution in [0.25, 0.3) is 0 Å². The molecule has 2 rings (SSSR count). The Morgan fingerprint density at radius 3 is 2.23 bits per heavy atom. The van der Waals surface area contributed by atoms with Gasteiger partial charge in [0.1, 0.15) is 5.75 Å². The highest BCUT2D eigenvalue weighted by Crippen LogP contribution is 2.20. The fourth-order valence-electron chi connectivity index (χ4n) is 1.71. The van der Waals surface area contributed by atoms with Gasteiger partial charge in [0.05, 0.1) is 5.69 Å². The minimum absolute atomic E-state index is 0.0562. The molecule has 0 fully saturated rings. The lowest BCUT2D eigenvalue weighted by atomic mass is 10.3. The van der Waals surface area contributed by atoms with Gasteiger partial charge in [-0.2, -0.15) is 8.78 Å². The maximum absolute atomic E-state index is 12.1. The number of amides is 2. The van der Waals surface area contributed by atoms with E-state index in [1.165, 1.54) is 30.3 Å². The number of anilines is 3. The zero-order chi connectivity index (χ0) is 15.9. The smallest absolute Gasteiger partial charge is 0.387 e. The Morgan fingerprint density at radius 1 is 1.00 bits per heavy atom. The first kappa shape index (κ1) is 15.5. The second-order valence-corrected chi connectivity index (χ2v) is 4.18. The van der Waals surface area contributed by atoms with Gasteiger partial charge >= 0.3 is 12.6 Å². The van der Waals surface area contributed by atoms with Gasteiger partial charge in [-0.25, -0.2) is 4.79 Å². The number of benzene rings is 2. The third-order valence-electron chi connectivity index (χ3n) is 2.57. The van der Waals surface area contributed by atoms with E-state index in [9.17, 15) is 13.6 Å². The predicted octanol–water partition coefficient (Wildman–Crippen LogP) is 3.73. The number of halogens is 2. The van der Waals surface area contributed by atoms with Crippen LogP contribution in [-0.2, 0) is 0 Å². The van der Waals surface area contributed by atoms with Gasteiger partial charge in [0.2, 0.25) is 0 Å². The van der Waals surface area contributed by atoms with E-state index in [4.69, 9.17) is 5.21 Å². The minimum Gasteiger partial charge on any atom is -0.435 e. The SMILES string of the molecule is O=C(Nc1cccc(NO)c1)Nc1cccc(OC(F)F)c1. The molecule has 0 heterocycles. The molecule has 0 atom stereocenters. The van der Waals surface area contributed by atoms with Crippen LogP contribution < -0.4 is 20.9 Å². The summed E-state index contributed by atoms with van der Waals surface area (Å²) in [4.78, 5) is 11.8. The molecule has 2 aromatic rings. The Labute approximate surface area is 124 Å². The van der Waals surface area contributed by atoms with E-state index in [-0.39, 0.29) is 5.75 Å². The zero-order valence-corrected chi connectivity index (χ0v) is 11.2. The van der Waals surface area contributed by atoms with E-state index >= 15 is 0 Å². The van der Waals surface area contributed by atoms with Crippen molar-refractivity contribution >= 4 is 23.1 Å². The Balaban J connectivity index is 1.99. The highest BCUT2D eigenvalue weighted by molar-refractivity contribution is 6.00. The van der Waals surface area contributed by atoms with Gasteiger partial charge in [0, 0.05) is 17.4 Å². The highest BCUT2D eigenvalue weighted by atomic mass is 19.3. The Morgan fingerprint density at radius 2 is 1.59 bits per heavy atom. The molecule has 6 nitrogen and oxygen atoms in total. The summed E-state index contributed by atoms with van der Waals surface area (Å²) in [5.74, 6) is -0.0562. The molecule has 0 aromatic heterocycles. The van der Waals surface area contributed by atoms with Crippen LogP contribution in [0.1, 0.15) is 0 Å². The number of rotatable bonds is 5. The molecule has 2 aromatic carbocycles. The average molecular weight is 309 g/mol. The molecule has 0 radical (unpaired) electrons. The normalized spacial score (nSPS) is 10.2. The van der Waals surface area contributed by atoms with E-state index in [1.54, 1.807) is 18.2 Å². The average Bonchev–Trinajstić information content (AvgIpc) is 2.47. The second kappa shape index (κ2) is 7.23. The van der Waals surface area contributed by atoms with E-state index < -0.39 is 12.6 Å². The molecule has 0 unspecified atom stereocenters. The van der Waals surface area contributed by atoms with Gasteiger partial charge in [-0.1, -0.05) is 12.1 Å². The summed E-state index contributed by atoms with van der Waals surface area (Å²) in [5.41, 5.74) is 3.10. The van der Waals surface area contributed by atoms with Gasteiger partial charge in [-0.05, 0) is 30.3 Å². The number of ether oxygens (including phenoxy) is 1. The molecular weight excluding hydrogens is 296 g/mol. The second-order valence-electron chi connectivity index (χ2n) is 4.18. The number of hydrogen-bond donors (Lipinski definition) is 4. The fourth-order valence-corrected chi connectivity index (χ4v) is 1.71. The van der Waals surface area contributed by atoms with E-state index in [0.29, 0.717) is 17.1 Å². The Bertz CT molecular complexity index is 653. The molecule has 0 saturated carbocycles. The summed E-state index contributed by atoms with van der Waals surface area (Å²) < 4.78 is 28.5. The first-order valence-corrected chi connectivity index (χ1v) is 6.20. The van der Waals surface area contributed by atoms with Crippen molar-refractivity contribution in [2.45, 2.75) is 6.61 Å². The lowest BCUT2D eigenvalue weighted by molar-refractivity contribution is -0.0497. The minimum atomic E-state index is -2.93. The summed E-state index contributed by atoms with van der Waals surface area (Å²) in [6.07, 6.45) is 0. The van der Waals surface area contributed by atoms with Crippen LogP contribution in [0.5, 0.6) is 5.75 Å². The molecule has 0 saturated heterocycles. The molecule has 0 aliphatic heterocycles. The van der Waals surface area contributed by atoms with Crippen LogP contribution in [0.15, 0.2) is 48.5 Å². The summed E-state index contributed by atoms with van der Waals surface area (Å²) in [5, 5.41) is 13.8. The third-order valence-corrected chi connectivity index (χ3v) is 2.57. The number of carbonyl (C=O) groups excluding carboxylic acids is 1. The first-order valence-electron chi connectivity index (χ1n) is 6.20. The molecule has 0 spiro atoms. The highest BCUT2D eigenvalue weighted by Gasteiger charge is 2.07. The van der Waals surface area contributed by atoms with Crippen LogP contribution in [0.2, 0.25) is 0 Å². The number of carbonyl (C=O) groups is 1. The zero-order valence-electron chi connectivity index (χ0n) is 11.2. The van der Waals surface area contributed by atoms with E-state index in [1.807, 2.05) is 5.48 Å². The molecule has 2 amide bonds. The van der Waals surface area contributed by atoms with Crippen LogP contribution in [0.3, 0.4) is 0 Å². The topological polar surface area (TPSA) is 82.6 Å². The van der Waals surface area contributed by atoms with Crippen molar-refractivity contribution in [2.24, 2.45) is 0 Å². The van der Waals surface area contributed by atoms with Crippen molar-refractivity contribution in [3.63, 3.8) is 0 Å². The van der Waals surface area contributed by atoms with Crippen LogP contribution in [0.4, 0.5) is 30.6 Å². The molecule has 0 aliphatic rings. The predicted molar refractivity (Wildman–Crippen MR) is 77.6 cm³/mol. The van der Waals surface area contributed by atoms with Gasteiger partial charge in [-0.15, -0.1) is 0 Å². The van der Waals surface area contributed by atoms with E-state index in [2.05, 4.69) is 15.4 Å². The first-order chi connectivity index (χ1) is 10.6.